The Hall–Kier alpha value is -1.25. The van der Waals surface area contributed by atoms with E-state index in [-0.39, 0.29) is 5.82 Å². The van der Waals surface area contributed by atoms with Gasteiger partial charge in [0.2, 0.25) is 0 Å². The van der Waals surface area contributed by atoms with Crippen molar-refractivity contribution in [1.82, 2.24) is 9.29 Å². The Kier molecular flexibility index (Phi) is 4.79. The highest BCUT2D eigenvalue weighted by molar-refractivity contribution is 7.90. The predicted molar refractivity (Wildman–Crippen MR) is 63.0 cm³/mol. The van der Waals surface area contributed by atoms with Gasteiger partial charge in [-0.25, -0.2) is 9.37 Å². The van der Waals surface area contributed by atoms with Crippen LogP contribution in [0.2, 0.25) is 0 Å². The van der Waals surface area contributed by atoms with E-state index < -0.39 is 16.0 Å². The highest BCUT2D eigenvalue weighted by atomic mass is 32.2. The van der Waals surface area contributed by atoms with E-state index in [0.717, 1.165) is 16.6 Å². The maximum atomic E-state index is 12.6. The molecule has 6 nitrogen and oxygen atoms in total. The second kappa shape index (κ2) is 5.89. The van der Waals surface area contributed by atoms with Crippen LogP contribution in [0.15, 0.2) is 18.3 Å². The van der Waals surface area contributed by atoms with Crippen molar-refractivity contribution in [2.75, 3.05) is 24.9 Å². The molecule has 1 rings (SSSR count). The molecule has 0 aromatic carbocycles. The van der Waals surface area contributed by atoms with Crippen LogP contribution in [0.1, 0.15) is 6.42 Å². The van der Waals surface area contributed by atoms with Crippen molar-refractivity contribution in [3.63, 3.8) is 0 Å². The highest BCUT2D eigenvalue weighted by Gasteiger charge is 2.17. The van der Waals surface area contributed by atoms with Crippen molar-refractivity contribution < 1.29 is 12.8 Å². The van der Waals surface area contributed by atoms with Gasteiger partial charge in [0, 0.05) is 13.6 Å². The van der Waals surface area contributed by atoms with Gasteiger partial charge in [-0.3, -0.25) is 4.72 Å². The Balaban J connectivity index is 2.69. The van der Waals surface area contributed by atoms with Crippen molar-refractivity contribution in [1.29, 1.82) is 0 Å². The summed E-state index contributed by atoms with van der Waals surface area (Å²) in [4.78, 5) is 3.61. The average Bonchev–Trinajstić information content (AvgIpc) is 2.28. The first-order valence-corrected chi connectivity index (χ1v) is 6.45. The van der Waals surface area contributed by atoms with Gasteiger partial charge in [-0.1, -0.05) is 0 Å². The van der Waals surface area contributed by atoms with Crippen LogP contribution < -0.4 is 10.5 Å². The molecule has 17 heavy (non-hydrogen) atoms. The van der Waals surface area contributed by atoms with E-state index in [1.54, 1.807) is 0 Å². The number of anilines is 1. The fourth-order valence-corrected chi connectivity index (χ4v) is 1.99. The molecule has 3 N–H and O–H groups in total. The summed E-state index contributed by atoms with van der Waals surface area (Å²) in [5.74, 6) is -0.449. The molecule has 8 heteroatoms. The number of hydrogen-bond donors (Lipinski definition) is 2. The lowest BCUT2D eigenvalue weighted by Crippen LogP contribution is -2.34. The minimum Gasteiger partial charge on any atom is -0.330 e. The van der Waals surface area contributed by atoms with Gasteiger partial charge in [0.25, 0.3) is 0 Å². The van der Waals surface area contributed by atoms with Crippen molar-refractivity contribution in [2.45, 2.75) is 6.42 Å². The van der Waals surface area contributed by atoms with Gasteiger partial charge in [0.05, 0.1) is 6.20 Å². The Morgan fingerprint density at radius 1 is 1.53 bits per heavy atom. The van der Waals surface area contributed by atoms with E-state index in [0.29, 0.717) is 19.5 Å². The fraction of sp³-hybridized carbons (Fsp3) is 0.444. The van der Waals surface area contributed by atoms with Crippen molar-refractivity contribution in [2.24, 2.45) is 5.73 Å². The molecule has 0 aliphatic carbocycles. The van der Waals surface area contributed by atoms with E-state index in [9.17, 15) is 12.8 Å². The maximum absolute atomic E-state index is 12.6. The number of halogens is 1. The summed E-state index contributed by atoms with van der Waals surface area (Å²) in [6.07, 6.45) is 1.51. The summed E-state index contributed by atoms with van der Waals surface area (Å²) in [6, 6.07) is 2.38. The van der Waals surface area contributed by atoms with E-state index in [1.165, 1.54) is 13.1 Å². The lowest BCUT2D eigenvalue weighted by molar-refractivity contribution is 0.468. The predicted octanol–water partition coefficient (Wildman–Crippen LogP) is 0.158. The summed E-state index contributed by atoms with van der Waals surface area (Å²) in [5, 5.41) is 0. The third-order valence-corrected chi connectivity index (χ3v) is 3.52. The highest BCUT2D eigenvalue weighted by Crippen LogP contribution is 2.08. The first-order valence-electron chi connectivity index (χ1n) is 5.01. The zero-order chi connectivity index (χ0) is 12.9. The minimum atomic E-state index is -3.66. The van der Waals surface area contributed by atoms with Crippen molar-refractivity contribution in [3.8, 4) is 0 Å². The Morgan fingerprint density at radius 2 is 2.24 bits per heavy atom. The molecular weight excluding hydrogens is 247 g/mol. The van der Waals surface area contributed by atoms with E-state index in [4.69, 9.17) is 5.73 Å². The molecule has 0 amide bonds. The van der Waals surface area contributed by atoms with E-state index in [2.05, 4.69) is 9.71 Å². The number of rotatable bonds is 6. The first kappa shape index (κ1) is 13.8. The zero-order valence-electron chi connectivity index (χ0n) is 9.43. The Morgan fingerprint density at radius 3 is 2.76 bits per heavy atom. The molecule has 96 valence electrons. The van der Waals surface area contributed by atoms with Crippen LogP contribution >= 0.6 is 0 Å². The number of nitrogens with two attached hydrogens (primary N) is 1. The molecule has 0 aliphatic rings. The number of aromatic nitrogens is 1. The van der Waals surface area contributed by atoms with Crippen LogP contribution in [0.3, 0.4) is 0 Å². The molecule has 1 aromatic rings. The molecule has 0 spiro atoms. The molecule has 0 aliphatic heterocycles. The molecule has 0 saturated carbocycles. The lowest BCUT2D eigenvalue weighted by Gasteiger charge is -2.17. The average molecular weight is 262 g/mol. The fourth-order valence-electron chi connectivity index (χ4n) is 1.08. The zero-order valence-corrected chi connectivity index (χ0v) is 10.2. The molecule has 0 atom stereocenters. The lowest BCUT2D eigenvalue weighted by atomic mass is 10.4. The maximum Gasteiger partial charge on any atom is 0.302 e. The quantitative estimate of drug-likeness (QED) is 0.764. The normalized spacial score (nSPS) is 11.8. The summed E-state index contributed by atoms with van der Waals surface area (Å²) < 4.78 is 39.4. The Labute approximate surface area is 99.8 Å². The van der Waals surface area contributed by atoms with Crippen LogP contribution in [0.4, 0.5) is 10.2 Å². The van der Waals surface area contributed by atoms with Crippen LogP contribution in [0.5, 0.6) is 0 Å². The van der Waals surface area contributed by atoms with Crippen LogP contribution in [-0.2, 0) is 10.2 Å². The minimum absolute atomic E-state index is 0.0750. The van der Waals surface area contributed by atoms with Crippen LogP contribution in [0.25, 0.3) is 0 Å². The number of nitrogens with one attached hydrogen (secondary N) is 1. The van der Waals surface area contributed by atoms with Crippen LogP contribution in [0, 0.1) is 5.82 Å². The Bertz CT molecular complexity index is 449. The van der Waals surface area contributed by atoms with Gasteiger partial charge < -0.3 is 5.73 Å². The first-order chi connectivity index (χ1) is 7.95. The smallest absolute Gasteiger partial charge is 0.302 e. The second-order valence-corrected chi connectivity index (χ2v) is 5.21. The summed E-state index contributed by atoms with van der Waals surface area (Å²) in [5.41, 5.74) is 5.29. The third-order valence-electron chi connectivity index (χ3n) is 2.05. The number of hydrogen-bond acceptors (Lipinski definition) is 4. The summed E-state index contributed by atoms with van der Waals surface area (Å²) in [6.45, 7) is 0.724. The standard InChI is InChI=1S/C9H15FN4O2S/c1-14(6-2-5-11)17(15,16)13-9-4-3-8(10)7-12-9/h3-4,7H,2,5-6,11H2,1H3,(H,12,13). The van der Waals surface area contributed by atoms with Gasteiger partial charge in [-0.05, 0) is 25.1 Å². The van der Waals surface area contributed by atoms with Gasteiger partial charge in [-0.15, -0.1) is 0 Å². The topological polar surface area (TPSA) is 88.3 Å². The molecule has 0 fully saturated rings. The summed E-state index contributed by atoms with van der Waals surface area (Å²) >= 11 is 0. The van der Waals surface area contributed by atoms with Gasteiger partial charge >= 0.3 is 10.2 Å². The molecule has 1 heterocycles. The monoisotopic (exact) mass is 262 g/mol. The molecule has 0 unspecified atom stereocenters. The number of pyridine rings is 1. The third kappa shape index (κ3) is 4.25. The van der Waals surface area contributed by atoms with Gasteiger partial charge in [-0.2, -0.15) is 12.7 Å². The van der Waals surface area contributed by atoms with Gasteiger partial charge in [0.15, 0.2) is 0 Å². The molecule has 1 aromatic heterocycles. The van der Waals surface area contributed by atoms with E-state index in [1.807, 2.05) is 0 Å². The second-order valence-electron chi connectivity index (χ2n) is 3.43. The van der Waals surface area contributed by atoms with Gasteiger partial charge in [0.1, 0.15) is 11.6 Å². The SMILES string of the molecule is CN(CCCN)S(=O)(=O)Nc1ccc(F)cn1. The van der Waals surface area contributed by atoms with Crippen molar-refractivity contribution in [3.05, 3.63) is 24.1 Å². The van der Waals surface area contributed by atoms with E-state index >= 15 is 0 Å². The molecule has 0 bridgehead atoms. The summed E-state index contributed by atoms with van der Waals surface area (Å²) in [7, 11) is -2.22. The largest absolute Gasteiger partial charge is 0.330 e. The molecule has 0 saturated heterocycles. The van der Waals surface area contributed by atoms with Crippen LogP contribution in [-0.4, -0.2) is 37.8 Å². The molecular formula is C9H15FN4O2S. The van der Waals surface area contributed by atoms with Crippen molar-refractivity contribution >= 4 is 16.0 Å². The molecule has 0 radical (unpaired) electrons. The number of nitrogens with zero attached hydrogens (tertiary/aromatic N) is 2.